The summed E-state index contributed by atoms with van der Waals surface area (Å²) in [7, 11) is -4.04. The molecular formula is C31H34Cl2N6O5S. The molecule has 0 radical (unpaired) electrons. The quantitative estimate of drug-likeness (QED) is 0.435. The number of carbonyl (C=O) groups is 2. The molecule has 238 valence electrons. The van der Waals surface area contributed by atoms with Crippen LogP contribution in [0.3, 0.4) is 0 Å². The van der Waals surface area contributed by atoms with E-state index in [2.05, 4.69) is 26.2 Å². The second-order valence-corrected chi connectivity index (χ2v) is 15.9. The van der Waals surface area contributed by atoms with Crippen molar-refractivity contribution in [2.45, 2.75) is 78.3 Å². The predicted molar refractivity (Wildman–Crippen MR) is 167 cm³/mol. The van der Waals surface area contributed by atoms with E-state index in [1.165, 1.54) is 11.3 Å². The van der Waals surface area contributed by atoms with Crippen LogP contribution in [-0.2, 0) is 24.8 Å². The van der Waals surface area contributed by atoms with Crippen LogP contribution in [0.25, 0.3) is 0 Å². The van der Waals surface area contributed by atoms with Crippen molar-refractivity contribution >= 4 is 50.7 Å². The molecule has 2 amide bonds. The molecule has 3 saturated heterocycles. The highest BCUT2D eigenvalue weighted by Crippen LogP contribution is 2.51. The van der Waals surface area contributed by atoms with E-state index in [0.717, 1.165) is 38.3 Å². The number of likely N-dealkylation sites (tertiary alicyclic amines) is 1. The molecule has 3 aliphatic heterocycles. The van der Waals surface area contributed by atoms with E-state index in [0.29, 0.717) is 42.4 Å². The largest absolute Gasteiger partial charge is 0.425 e. The maximum Gasteiger partial charge on any atom is 0.410 e. The summed E-state index contributed by atoms with van der Waals surface area (Å²) < 4.78 is 33.9. The first-order valence-electron chi connectivity index (χ1n) is 15.4. The minimum Gasteiger partial charge on any atom is -0.425 e. The van der Waals surface area contributed by atoms with Gasteiger partial charge in [-0.15, -0.1) is 0 Å². The molecule has 7 rings (SSSR count). The van der Waals surface area contributed by atoms with Gasteiger partial charge in [-0.1, -0.05) is 29.3 Å². The maximum atomic E-state index is 14.1. The number of halogens is 2. The molecule has 45 heavy (non-hydrogen) atoms. The lowest BCUT2D eigenvalue weighted by Crippen LogP contribution is -2.50. The van der Waals surface area contributed by atoms with Crippen LogP contribution in [0.4, 0.5) is 10.5 Å². The summed E-state index contributed by atoms with van der Waals surface area (Å²) in [4.78, 5) is 37.2. The normalized spacial score (nSPS) is 26.6. The molecule has 1 N–H and O–H groups in total. The van der Waals surface area contributed by atoms with Gasteiger partial charge in [0.15, 0.2) is 16.1 Å². The molecule has 11 nitrogen and oxygen atoms in total. The number of nitrogens with one attached hydrogen (secondary N) is 1. The van der Waals surface area contributed by atoms with Crippen molar-refractivity contribution < 1.29 is 22.7 Å². The van der Waals surface area contributed by atoms with Gasteiger partial charge in [-0.25, -0.2) is 18.2 Å². The molecule has 5 fully saturated rings. The Balaban J connectivity index is 1.13. The van der Waals surface area contributed by atoms with Gasteiger partial charge in [0.1, 0.15) is 10.7 Å². The number of alkyl carbamates (subject to hydrolysis) is 1. The van der Waals surface area contributed by atoms with Crippen LogP contribution in [-0.4, -0.2) is 91.0 Å². The number of rotatable bonds is 7. The lowest BCUT2D eigenvalue weighted by molar-refractivity contribution is -0.140. The Kier molecular flexibility index (Phi) is 7.67. The smallest absolute Gasteiger partial charge is 0.410 e. The summed E-state index contributed by atoms with van der Waals surface area (Å²) in [6, 6.07) is 11.0. The Hall–Kier alpha value is -3.11. The number of amides is 2. The number of hydrogen-bond acceptors (Lipinski definition) is 9. The van der Waals surface area contributed by atoms with Gasteiger partial charge in [0.2, 0.25) is 5.91 Å². The van der Waals surface area contributed by atoms with Crippen LogP contribution in [0, 0.1) is 11.3 Å². The summed E-state index contributed by atoms with van der Waals surface area (Å²) in [5.74, 6) is -0.337. The van der Waals surface area contributed by atoms with E-state index in [1.54, 1.807) is 36.5 Å². The van der Waals surface area contributed by atoms with Crippen molar-refractivity contribution in [2.75, 3.05) is 37.6 Å². The van der Waals surface area contributed by atoms with Crippen LogP contribution in [0.5, 0.6) is 0 Å². The molecule has 4 heterocycles. The molecule has 0 unspecified atom stereocenters. The van der Waals surface area contributed by atoms with Gasteiger partial charge in [0.25, 0.3) is 0 Å². The fourth-order valence-corrected chi connectivity index (χ4v) is 9.39. The molecule has 1 aromatic carbocycles. The Morgan fingerprint density at radius 3 is 2.53 bits per heavy atom. The zero-order valence-corrected chi connectivity index (χ0v) is 27.0. The van der Waals surface area contributed by atoms with Gasteiger partial charge < -0.3 is 19.9 Å². The van der Waals surface area contributed by atoms with Crippen LogP contribution < -0.4 is 10.2 Å². The number of aromatic nitrogens is 1. The summed E-state index contributed by atoms with van der Waals surface area (Å²) in [5.41, 5.74) is -0.334. The number of sulfone groups is 1. The summed E-state index contributed by atoms with van der Waals surface area (Å²) in [5, 5.41) is 11.3. The van der Waals surface area contributed by atoms with E-state index < -0.39 is 38.4 Å². The van der Waals surface area contributed by atoms with Gasteiger partial charge in [-0.2, -0.15) is 5.26 Å². The number of pyridine rings is 1. The van der Waals surface area contributed by atoms with Crippen LogP contribution in [0.2, 0.25) is 10.2 Å². The van der Waals surface area contributed by atoms with Crippen LogP contribution >= 0.6 is 23.2 Å². The summed E-state index contributed by atoms with van der Waals surface area (Å²) in [6.07, 6.45) is 3.85. The van der Waals surface area contributed by atoms with E-state index in [1.807, 2.05) is 0 Å². The van der Waals surface area contributed by atoms with Crippen molar-refractivity contribution in [1.82, 2.24) is 20.1 Å². The molecular weight excluding hydrogens is 639 g/mol. The van der Waals surface area contributed by atoms with E-state index in [-0.39, 0.29) is 28.8 Å². The second-order valence-electron chi connectivity index (χ2n) is 12.9. The minimum absolute atomic E-state index is 0.0145. The van der Waals surface area contributed by atoms with Crippen molar-refractivity contribution in [3.8, 4) is 6.07 Å². The molecule has 1 aromatic heterocycles. The van der Waals surface area contributed by atoms with E-state index in [9.17, 15) is 23.3 Å². The number of fused-ring (bicyclic) bond motifs is 1. The highest BCUT2D eigenvalue weighted by atomic mass is 35.5. The number of anilines is 1. The molecule has 2 aliphatic carbocycles. The fourth-order valence-electron chi connectivity index (χ4n) is 7.06. The third-order valence-corrected chi connectivity index (χ3v) is 12.9. The van der Waals surface area contributed by atoms with Gasteiger partial charge in [0.05, 0.1) is 26.7 Å². The Bertz CT molecular complexity index is 1670. The number of nitriles is 1. The first-order chi connectivity index (χ1) is 21.5. The molecule has 2 aromatic rings. The topological polar surface area (TPSA) is 136 Å². The monoisotopic (exact) mass is 672 g/mol. The van der Waals surface area contributed by atoms with Crippen LogP contribution in [0.15, 0.2) is 41.4 Å². The number of piperazine rings is 1. The zero-order chi connectivity index (χ0) is 31.6. The third kappa shape index (κ3) is 5.62. The highest BCUT2D eigenvalue weighted by Gasteiger charge is 2.57. The maximum absolute atomic E-state index is 14.1. The Labute approximate surface area is 272 Å². The average molecular weight is 674 g/mol. The average Bonchev–Trinajstić information content (AvgIpc) is 3.90. The number of nitrogens with zero attached hydrogens (tertiary/aromatic N) is 5. The zero-order valence-electron chi connectivity index (χ0n) is 24.6. The predicted octanol–water partition coefficient (Wildman–Crippen LogP) is 3.89. The van der Waals surface area contributed by atoms with Gasteiger partial charge >= 0.3 is 6.09 Å². The first kappa shape index (κ1) is 30.5. The van der Waals surface area contributed by atoms with Crippen molar-refractivity contribution in [3.05, 3.63) is 52.3 Å². The lowest BCUT2D eigenvalue weighted by Gasteiger charge is -2.39. The molecule has 0 bridgehead atoms. The standard InChI is InChI=1S/C31H34Cl2N6O5S/c32-24-14-21(38-13-12-37-11-1-2-22(37)17-38)4-5-25(24)45(42,43)23-15-27(44-29(41)36-30(19-34)7-8-30)39(18-23)28(40)31(9-10-31)20-3-6-26(33)35-16-20/h3-6,14,16,22-23,27H,1-2,7-13,15,17-18H2,(H,36,41)/t22-,23+,27-/m0/s1. The SMILES string of the molecule is N#CC1(NC(=O)O[C@H]2C[C@@H](S(=O)(=O)c3ccc(N4CCN5CCC[C@H]5C4)cc3Cl)CN2C(=O)C2(c3ccc(Cl)nc3)CC2)CC1. The molecule has 14 heteroatoms. The number of ether oxygens (including phenoxy) is 1. The van der Waals surface area contributed by atoms with E-state index >= 15 is 0 Å². The fraction of sp³-hybridized carbons (Fsp3) is 0.548. The minimum atomic E-state index is -4.04. The summed E-state index contributed by atoms with van der Waals surface area (Å²) in [6.45, 7) is 3.64. The molecule has 5 aliphatic rings. The first-order valence-corrected chi connectivity index (χ1v) is 17.7. The van der Waals surface area contributed by atoms with Crippen molar-refractivity contribution in [1.29, 1.82) is 5.26 Å². The van der Waals surface area contributed by atoms with Gasteiger partial charge in [-0.05, 0) is 74.9 Å². The molecule has 3 atom stereocenters. The Morgan fingerprint density at radius 1 is 1.07 bits per heavy atom. The molecule has 0 spiro atoms. The van der Waals surface area contributed by atoms with Gasteiger partial charge in [0, 0.05) is 50.5 Å². The van der Waals surface area contributed by atoms with Gasteiger partial charge in [-0.3, -0.25) is 9.69 Å². The van der Waals surface area contributed by atoms with Crippen molar-refractivity contribution in [2.24, 2.45) is 0 Å². The second kappa shape index (κ2) is 11.3. The number of benzene rings is 1. The number of carbonyl (C=O) groups excluding carboxylic acids is 2. The van der Waals surface area contributed by atoms with E-state index in [4.69, 9.17) is 27.9 Å². The third-order valence-electron chi connectivity index (χ3n) is 10.1. The highest BCUT2D eigenvalue weighted by molar-refractivity contribution is 7.92. The molecule has 2 saturated carbocycles. The summed E-state index contributed by atoms with van der Waals surface area (Å²) >= 11 is 12.7. The lowest BCUT2D eigenvalue weighted by atomic mass is 9.96. The van der Waals surface area contributed by atoms with Crippen LogP contribution in [0.1, 0.15) is 50.5 Å². The number of hydrogen-bond donors (Lipinski definition) is 1. The Morgan fingerprint density at radius 2 is 1.87 bits per heavy atom. The van der Waals surface area contributed by atoms with Crippen molar-refractivity contribution in [3.63, 3.8) is 0 Å².